The summed E-state index contributed by atoms with van der Waals surface area (Å²) in [5.41, 5.74) is 4.82. The molecule has 0 aliphatic carbocycles. The largest absolute Gasteiger partial charge is 0.508 e. The smallest absolute Gasteiger partial charge is 0.355 e. The molecule has 0 radical (unpaired) electrons. The summed E-state index contributed by atoms with van der Waals surface area (Å²) in [6.45, 7) is 0. The fraction of sp³-hybridized carbons (Fsp3) is 0. The first-order valence-corrected chi connectivity index (χ1v) is 6.62. The molecule has 0 aromatic heterocycles. The normalized spacial score (nSPS) is 11.0. The lowest BCUT2D eigenvalue weighted by Gasteiger charge is -2.01. The lowest BCUT2D eigenvalue weighted by Crippen LogP contribution is -2.28. The summed E-state index contributed by atoms with van der Waals surface area (Å²) in [6, 6.07) is 7.06. The number of phenols is 4. The van der Waals surface area contributed by atoms with Crippen LogP contribution in [0.3, 0.4) is 0 Å². The summed E-state index contributed by atoms with van der Waals surface area (Å²) in [4.78, 5) is 11.4. The predicted molar refractivity (Wildman–Crippen MR) is 86.4 cm³/mol. The van der Waals surface area contributed by atoms with E-state index < -0.39 is 6.03 Å². The minimum atomic E-state index is -0.751. The van der Waals surface area contributed by atoms with Crippen LogP contribution < -0.4 is 10.9 Å². The van der Waals surface area contributed by atoms with E-state index in [9.17, 15) is 15.0 Å². The molecule has 2 aromatic carbocycles. The van der Waals surface area contributed by atoms with Gasteiger partial charge in [-0.25, -0.2) is 15.6 Å². The van der Waals surface area contributed by atoms with E-state index in [2.05, 4.69) is 21.1 Å². The van der Waals surface area contributed by atoms with Gasteiger partial charge in [0.25, 0.3) is 0 Å². The van der Waals surface area contributed by atoms with Crippen LogP contribution in [0.15, 0.2) is 46.6 Å². The summed E-state index contributed by atoms with van der Waals surface area (Å²) < 4.78 is 0. The van der Waals surface area contributed by atoms with Gasteiger partial charge in [0.15, 0.2) is 0 Å². The molecule has 0 aliphatic heterocycles. The Hall–Kier alpha value is -3.75. The molecule has 124 valence electrons. The third-order valence-electron chi connectivity index (χ3n) is 2.77. The Labute approximate surface area is 136 Å². The first-order valence-electron chi connectivity index (χ1n) is 6.62. The van der Waals surface area contributed by atoms with Gasteiger partial charge in [-0.15, -0.1) is 0 Å². The van der Waals surface area contributed by atoms with Crippen molar-refractivity contribution in [2.24, 2.45) is 10.2 Å². The highest BCUT2D eigenvalue weighted by atomic mass is 16.3. The fourth-order valence-corrected chi connectivity index (χ4v) is 1.63. The molecule has 0 bridgehead atoms. The van der Waals surface area contributed by atoms with Gasteiger partial charge < -0.3 is 20.4 Å². The van der Waals surface area contributed by atoms with Crippen molar-refractivity contribution in [3.05, 3.63) is 47.5 Å². The second-order valence-corrected chi connectivity index (χ2v) is 4.56. The molecule has 0 saturated heterocycles. The number of amides is 2. The highest BCUT2D eigenvalue weighted by molar-refractivity contribution is 5.86. The predicted octanol–water partition coefficient (Wildman–Crippen LogP) is 1.18. The number of phenolic OH excluding ortho intramolecular Hbond substituents is 4. The zero-order valence-corrected chi connectivity index (χ0v) is 12.2. The van der Waals surface area contributed by atoms with Crippen molar-refractivity contribution in [2.75, 3.05) is 0 Å². The van der Waals surface area contributed by atoms with Crippen LogP contribution >= 0.6 is 0 Å². The Balaban J connectivity index is 1.87. The molecule has 9 heteroatoms. The molecule has 0 fully saturated rings. The molecular weight excluding hydrogens is 316 g/mol. The zero-order chi connectivity index (χ0) is 17.5. The van der Waals surface area contributed by atoms with Crippen LogP contribution in [0.4, 0.5) is 4.79 Å². The first-order chi connectivity index (χ1) is 11.5. The summed E-state index contributed by atoms with van der Waals surface area (Å²) in [7, 11) is 0. The number of hydrogen-bond acceptors (Lipinski definition) is 7. The van der Waals surface area contributed by atoms with E-state index in [1.807, 2.05) is 0 Å². The number of hydrazone groups is 2. The molecule has 0 unspecified atom stereocenters. The molecule has 2 aromatic rings. The van der Waals surface area contributed by atoms with Crippen LogP contribution in [0.25, 0.3) is 0 Å². The average molecular weight is 330 g/mol. The molecule has 0 spiro atoms. The van der Waals surface area contributed by atoms with Crippen molar-refractivity contribution in [1.29, 1.82) is 0 Å². The number of hydrogen-bond donors (Lipinski definition) is 6. The molecule has 2 amide bonds. The standard InChI is InChI=1S/C15H14N4O5/c20-11-3-1-9(13(22)5-11)7-16-18-15(24)19-17-8-10-2-4-12(21)6-14(10)23/h1-8,20-23H,(H2,18,19,24)/b16-7+,17-8+. The van der Waals surface area contributed by atoms with Crippen molar-refractivity contribution >= 4 is 18.5 Å². The topological polar surface area (TPSA) is 147 Å². The molecule has 24 heavy (non-hydrogen) atoms. The van der Waals surface area contributed by atoms with Gasteiger partial charge in [0.1, 0.15) is 23.0 Å². The van der Waals surface area contributed by atoms with Gasteiger partial charge in [-0.1, -0.05) is 0 Å². The van der Waals surface area contributed by atoms with Crippen LogP contribution in [0.5, 0.6) is 23.0 Å². The minimum absolute atomic E-state index is 0.0952. The quantitative estimate of drug-likeness (QED) is 0.368. The van der Waals surface area contributed by atoms with Gasteiger partial charge in [-0.2, -0.15) is 10.2 Å². The van der Waals surface area contributed by atoms with Crippen molar-refractivity contribution in [3.63, 3.8) is 0 Å². The number of nitrogens with zero attached hydrogens (tertiary/aromatic N) is 2. The number of rotatable bonds is 4. The zero-order valence-electron chi connectivity index (χ0n) is 12.2. The highest BCUT2D eigenvalue weighted by Gasteiger charge is 2.01. The average Bonchev–Trinajstić information content (AvgIpc) is 2.51. The van der Waals surface area contributed by atoms with Crippen molar-refractivity contribution in [1.82, 2.24) is 10.9 Å². The maximum atomic E-state index is 11.4. The third kappa shape index (κ3) is 4.63. The summed E-state index contributed by atoms with van der Waals surface area (Å²) in [5.74, 6) is -0.576. The van der Waals surface area contributed by atoms with Crippen molar-refractivity contribution in [2.45, 2.75) is 0 Å². The van der Waals surface area contributed by atoms with E-state index >= 15 is 0 Å². The lowest BCUT2D eigenvalue weighted by atomic mass is 10.2. The Morgan fingerprint density at radius 2 is 1.21 bits per heavy atom. The summed E-state index contributed by atoms with van der Waals surface area (Å²) in [5, 5.41) is 44.5. The van der Waals surface area contributed by atoms with Gasteiger partial charge >= 0.3 is 6.03 Å². The molecular formula is C15H14N4O5. The molecule has 0 heterocycles. The van der Waals surface area contributed by atoms with Crippen molar-refractivity contribution < 1.29 is 25.2 Å². The molecule has 0 atom stereocenters. The molecule has 2 rings (SSSR count). The molecule has 9 nitrogen and oxygen atoms in total. The highest BCUT2D eigenvalue weighted by Crippen LogP contribution is 2.21. The Kier molecular flexibility index (Phi) is 5.19. The van der Waals surface area contributed by atoms with Crippen LogP contribution in [0.2, 0.25) is 0 Å². The Morgan fingerprint density at radius 3 is 1.58 bits per heavy atom. The van der Waals surface area contributed by atoms with E-state index in [4.69, 9.17) is 10.2 Å². The van der Waals surface area contributed by atoms with Gasteiger partial charge in [0.2, 0.25) is 0 Å². The van der Waals surface area contributed by atoms with E-state index in [1.165, 1.54) is 36.7 Å². The van der Waals surface area contributed by atoms with Crippen LogP contribution in [-0.2, 0) is 0 Å². The first kappa shape index (κ1) is 16.6. The van der Waals surface area contributed by atoms with E-state index in [1.54, 1.807) is 0 Å². The Morgan fingerprint density at radius 1 is 0.792 bits per heavy atom. The monoisotopic (exact) mass is 330 g/mol. The van der Waals surface area contributed by atoms with Crippen LogP contribution in [0, 0.1) is 0 Å². The molecule has 6 N–H and O–H groups in total. The van der Waals surface area contributed by atoms with Gasteiger partial charge in [-0.3, -0.25) is 0 Å². The maximum absolute atomic E-state index is 11.4. The SMILES string of the molecule is O=C(N/N=C/c1ccc(O)cc1O)N/N=C/c1ccc(O)cc1O. The van der Waals surface area contributed by atoms with Gasteiger partial charge in [-0.05, 0) is 24.3 Å². The number of carbonyl (C=O) groups is 1. The maximum Gasteiger partial charge on any atom is 0.355 e. The second kappa shape index (κ2) is 7.49. The van der Waals surface area contributed by atoms with Crippen molar-refractivity contribution in [3.8, 4) is 23.0 Å². The van der Waals surface area contributed by atoms with E-state index in [0.29, 0.717) is 11.1 Å². The summed E-state index contributed by atoms with van der Waals surface area (Å²) >= 11 is 0. The molecule has 0 aliphatic rings. The van der Waals surface area contributed by atoms with E-state index in [0.717, 1.165) is 12.1 Å². The fourth-order valence-electron chi connectivity index (χ4n) is 1.63. The van der Waals surface area contributed by atoms with Crippen LogP contribution in [0.1, 0.15) is 11.1 Å². The third-order valence-corrected chi connectivity index (χ3v) is 2.77. The number of aromatic hydroxyl groups is 4. The second-order valence-electron chi connectivity index (χ2n) is 4.56. The Bertz CT molecular complexity index is 739. The number of nitrogens with one attached hydrogen (secondary N) is 2. The number of benzene rings is 2. The summed E-state index contributed by atoms with van der Waals surface area (Å²) in [6.07, 6.45) is 2.37. The van der Waals surface area contributed by atoms with Gasteiger partial charge in [0, 0.05) is 23.3 Å². The number of carbonyl (C=O) groups excluding carboxylic acids is 1. The number of urea groups is 1. The van der Waals surface area contributed by atoms with Gasteiger partial charge in [0.05, 0.1) is 12.4 Å². The minimum Gasteiger partial charge on any atom is -0.508 e. The van der Waals surface area contributed by atoms with E-state index in [-0.39, 0.29) is 23.0 Å². The molecule has 0 saturated carbocycles. The lowest BCUT2D eigenvalue weighted by molar-refractivity contribution is 0.242. The van der Waals surface area contributed by atoms with Crippen LogP contribution in [-0.4, -0.2) is 38.9 Å².